The Morgan fingerprint density at radius 1 is 1.00 bits per heavy atom. The molecular weight excluding hydrogens is 208 g/mol. The number of hydrogen-bond acceptors (Lipinski definition) is 2. The van der Waals surface area contributed by atoms with E-state index in [1.807, 2.05) is 0 Å². The normalized spacial score (nSPS) is 38.9. The Morgan fingerprint density at radius 3 is 2.29 bits per heavy atom. The van der Waals surface area contributed by atoms with Gasteiger partial charge in [0.25, 0.3) is 0 Å². The molecule has 0 saturated heterocycles. The summed E-state index contributed by atoms with van der Waals surface area (Å²) >= 11 is 0. The van der Waals surface area contributed by atoms with Gasteiger partial charge in [-0.05, 0) is 51.5 Å². The van der Waals surface area contributed by atoms with Crippen molar-refractivity contribution in [1.29, 1.82) is 5.26 Å². The molecule has 0 heterocycles. The summed E-state index contributed by atoms with van der Waals surface area (Å²) in [6.07, 6.45) is 10.4. The van der Waals surface area contributed by atoms with E-state index in [-0.39, 0.29) is 5.92 Å². The Morgan fingerprint density at radius 2 is 1.65 bits per heavy atom. The lowest BCUT2D eigenvalue weighted by Gasteiger charge is -2.42. The molecule has 0 spiro atoms. The van der Waals surface area contributed by atoms with Crippen LogP contribution >= 0.6 is 0 Å². The average Bonchev–Trinajstić information content (AvgIpc) is 2.39. The summed E-state index contributed by atoms with van der Waals surface area (Å²) in [4.78, 5) is 2.55. The van der Waals surface area contributed by atoms with Gasteiger partial charge in [-0.15, -0.1) is 0 Å². The molecule has 2 unspecified atom stereocenters. The SMILES string of the molecule is CC1CCC(N(C)C2CCCCC2C#N)CC1. The van der Waals surface area contributed by atoms with E-state index in [1.165, 1.54) is 44.9 Å². The molecule has 2 atom stereocenters. The average molecular weight is 234 g/mol. The van der Waals surface area contributed by atoms with Gasteiger partial charge in [-0.1, -0.05) is 19.8 Å². The van der Waals surface area contributed by atoms with E-state index >= 15 is 0 Å². The zero-order valence-electron chi connectivity index (χ0n) is 11.4. The van der Waals surface area contributed by atoms with E-state index in [4.69, 9.17) is 0 Å². The van der Waals surface area contributed by atoms with Gasteiger partial charge in [0.15, 0.2) is 0 Å². The molecule has 0 bridgehead atoms. The van der Waals surface area contributed by atoms with Gasteiger partial charge in [-0.25, -0.2) is 0 Å². The molecule has 96 valence electrons. The molecule has 0 amide bonds. The fourth-order valence-electron chi connectivity index (χ4n) is 3.67. The highest BCUT2D eigenvalue weighted by Crippen LogP contribution is 2.33. The number of nitriles is 1. The fourth-order valence-corrected chi connectivity index (χ4v) is 3.67. The molecule has 2 heteroatoms. The third-order valence-electron chi connectivity index (χ3n) is 4.98. The lowest BCUT2D eigenvalue weighted by molar-refractivity contribution is 0.0804. The van der Waals surface area contributed by atoms with E-state index in [0.717, 1.165) is 18.4 Å². The molecule has 0 aromatic rings. The van der Waals surface area contributed by atoms with Crippen molar-refractivity contribution in [2.24, 2.45) is 11.8 Å². The smallest absolute Gasteiger partial charge is 0.0672 e. The van der Waals surface area contributed by atoms with Crippen molar-refractivity contribution in [2.75, 3.05) is 7.05 Å². The fraction of sp³-hybridized carbons (Fsp3) is 0.933. The van der Waals surface area contributed by atoms with Crippen LogP contribution in [0.3, 0.4) is 0 Å². The molecule has 0 aromatic heterocycles. The molecule has 2 fully saturated rings. The van der Waals surface area contributed by atoms with Crippen molar-refractivity contribution in [3.05, 3.63) is 0 Å². The second-order valence-electron chi connectivity index (χ2n) is 6.17. The standard InChI is InChI=1S/C15H26N2/c1-12-7-9-14(10-8-12)17(2)15-6-4-3-5-13(15)11-16/h12-15H,3-10H2,1-2H3. The third kappa shape index (κ3) is 3.01. The Labute approximate surface area is 106 Å². The van der Waals surface area contributed by atoms with Crippen LogP contribution < -0.4 is 0 Å². The van der Waals surface area contributed by atoms with Crippen LogP contribution in [0.25, 0.3) is 0 Å². The van der Waals surface area contributed by atoms with E-state index in [1.54, 1.807) is 0 Å². The highest BCUT2D eigenvalue weighted by atomic mass is 15.2. The maximum absolute atomic E-state index is 9.27. The summed E-state index contributed by atoms with van der Waals surface area (Å²) in [5.41, 5.74) is 0. The van der Waals surface area contributed by atoms with Crippen LogP contribution in [-0.2, 0) is 0 Å². The minimum Gasteiger partial charge on any atom is -0.299 e. The van der Waals surface area contributed by atoms with Gasteiger partial charge in [0, 0.05) is 12.1 Å². The zero-order chi connectivity index (χ0) is 12.3. The molecule has 0 radical (unpaired) electrons. The Kier molecular flexibility index (Phi) is 4.45. The van der Waals surface area contributed by atoms with E-state index in [9.17, 15) is 5.26 Å². The summed E-state index contributed by atoms with van der Waals surface area (Å²) < 4.78 is 0. The first-order valence-electron chi connectivity index (χ1n) is 7.34. The van der Waals surface area contributed by atoms with E-state index < -0.39 is 0 Å². The summed E-state index contributed by atoms with van der Waals surface area (Å²) in [6.45, 7) is 2.37. The highest BCUT2D eigenvalue weighted by molar-refractivity contribution is 4.96. The first kappa shape index (κ1) is 12.9. The number of rotatable bonds is 2. The molecule has 2 aliphatic rings. The lowest BCUT2D eigenvalue weighted by Crippen LogP contribution is -2.46. The molecule has 2 saturated carbocycles. The zero-order valence-corrected chi connectivity index (χ0v) is 11.4. The van der Waals surface area contributed by atoms with Gasteiger partial charge in [-0.2, -0.15) is 5.26 Å². The van der Waals surface area contributed by atoms with Crippen LogP contribution in [0.2, 0.25) is 0 Å². The van der Waals surface area contributed by atoms with Crippen LogP contribution in [0.4, 0.5) is 0 Å². The van der Waals surface area contributed by atoms with Crippen molar-refractivity contribution < 1.29 is 0 Å². The second kappa shape index (κ2) is 5.87. The molecular formula is C15H26N2. The van der Waals surface area contributed by atoms with Crippen molar-refractivity contribution in [2.45, 2.75) is 70.4 Å². The second-order valence-corrected chi connectivity index (χ2v) is 6.17. The molecule has 2 nitrogen and oxygen atoms in total. The minimum atomic E-state index is 0.285. The Bertz CT molecular complexity index is 273. The lowest BCUT2D eigenvalue weighted by atomic mass is 9.81. The predicted molar refractivity (Wildman–Crippen MR) is 70.5 cm³/mol. The third-order valence-corrected chi connectivity index (χ3v) is 4.98. The van der Waals surface area contributed by atoms with Gasteiger partial charge in [-0.3, -0.25) is 4.90 Å². The van der Waals surface area contributed by atoms with Crippen LogP contribution in [0.5, 0.6) is 0 Å². The maximum atomic E-state index is 9.27. The van der Waals surface area contributed by atoms with Crippen LogP contribution in [0.15, 0.2) is 0 Å². The Hall–Kier alpha value is -0.550. The van der Waals surface area contributed by atoms with Crippen molar-refractivity contribution in [3.8, 4) is 6.07 Å². The van der Waals surface area contributed by atoms with Crippen LogP contribution in [0.1, 0.15) is 58.3 Å². The summed E-state index contributed by atoms with van der Waals surface area (Å²) in [7, 11) is 2.26. The van der Waals surface area contributed by atoms with Crippen molar-refractivity contribution in [3.63, 3.8) is 0 Å². The first-order chi connectivity index (χ1) is 8.22. The monoisotopic (exact) mass is 234 g/mol. The Balaban J connectivity index is 1.93. The topological polar surface area (TPSA) is 27.0 Å². The van der Waals surface area contributed by atoms with Gasteiger partial charge in [0.2, 0.25) is 0 Å². The first-order valence-corrected chi connectivity index (χ1v) is 7.34. The molecule has 2 rings (SSSR count). The summed E-state index contributed by atoms with van der Waals surface area (Å²) in [5, 5.41) is 9.27. The van der Waals surface area contributed by atoms with Gasteiger partial charge < -0.3 is 0 Å². The summed E-state index contributed by atoms with van der Waals surface area (Å²) in [5.74, 6) is 1.20. The van der Waals surface area contributed by atoms with Crippen LogP contribution in [-0.4, -0.2) is 24.0 Å². The predicted octanol–water partition coefficient (Wildman–Crippen LogP) is 3.58. The van der Waals surface area contributed by atoms with Crippen LogP contribution in [0, 0.1) is 23.2 Å². The largest absolute Gasteiger partial charge is 0.299 e. The minimum absolute atomic E-state index is 0.285. The molecule has 0 N–H and O–H groups in total. The van der Waals surface area contributed by atoms with Gasteiger partial charge in [0.1, 0.15) is 0 Å². The molecule has 0 aromatic carbocycles. The van der Waals surface area contributed by atoms with Crippen molar-refractivity contribution in [1.82, 2.24) is 4.90 Å². The maximum Gasteiger partial charge on any atom is 0.0672 e. The molecule has 0 aliphatic heterocycles. The highest BCUT2D eigenvalue weighted by Gasteiger charge is 2.32. The molecule has 17 heavy (non-hydrogen) atoms. The van der Waals surface area contributed by atoms with E-state index in [0.29, 0.717) is 6.04 Å². The quantitative estimate of drug-likeness (QED) is 0.730. The number of hydrogen-bond donors (Lipinski definition) is 0. The van der Waals surface area contributed by atoms with E-state index in [2.05, 4.69) is 24.9 Å². The van der Waals surface area contributed by atoms with Gasteiger partial charge >= 0.3 is 0 Å². The molecule has 2 aliphatic carbocycles. The van der Waals surface area contributed by atoms with Crippen molar-refractivity contribution >= 4 is 0 Å². The number of nitrogens with zero attached hydrogens (tertiary/aromatic N) is 2. The summed E-state index contributed by atoms with van der Waals surface area (Å²) in [6, 6.07) is 3.82. The van der Waals surface area contributed by atoms with Gasteiger partial charge in [0.05, 0.1) is 12.0 Å².